The molecule has 29 heavy (non-hydrogen) atoms. The number of aryl methyl sites for hydroxylation is 1. The summed E-state index contributed by atoms with van der Waals surface area (Å²) in [4.78, 5) is 17.4. The highest BCUT2D eigenvalue weighted by atomic mass is 16.6. The van der Waals surface area contributed by atoms with Gasteiger partial charge in [0.15, 0.2) is 0 Å². The van der Waals surface area contributed by atoms with Crippen LogP contribution in [0, 0.1) is 5.92 Å². The molecule has 2 saturated heterocycles. The highest BCUT2D eigenvalue weighted by molar-refractivity contribution is 5.68. The maximum absolute atomic E-state index is 12.6. The number of carbonyl (C=O) groups excluding carboxylic acids is 1. The zero-order valence-corrected chi connectivity index (χ0v) is 18.1. The van der Waals surface area contributed by atoms with Crippen molar-refractivity contribution in [1.29, 1.82) is 0 Å². The number of hydrogen-bond acceptors (Lipinski definition) is 3. The molecular formula is C25H36N2O2. The number of amides is 1. The Bertz CT molecular complexity index is 753. The molecule has 3 fully saturated rings. The van der Waals surface area contributed by atoms with Gasteiger partial charge in [0.05, 0.1) is 6.10 Å². The second-order valence-electron chi connectivity index (χ2n) is 10.2. The van der Waals surface area contributed by atoms with Crippen molar-refractivity contribution in [3.63, 3.8) is 0 Å². The SMILES string of the molecule is CC(C)OC(=O)N1CCCC2CC(N3CCC4(CCc5ccccc54)CC3)CC21. The van der Waals surface area contributed by atoms with Gasteiger partial charge in [0, 0.05) is 18.6 Å². The molecule has 0 bridgehead atoms. The molecular weight excluding hydrogens is 360 g/mol. The van der Waals surface area contributed by atoms with Gasteiger partial charge >= 0.3 is 6.09 Å². The highest BCUT2D eigenvalue weighted by Gasteiger charge is 2.47. The van der Waals surface area contributed by atoms with Crippen LogP contribution >= 0.6 is 0 Å². The lowest BCUT2D eigenvalue weighted by molar-refractivity contribution is 0.0427. The third kappa shape index (κ3) is 3.48. The van der Waals surface area contributed by atoms with E-state index in [4.69, 9.17) is 4.74 Å². The number of hydrogen-bond donors (Lipinski definition) is 0. The second kappa shape index (κ2) is 7.61. The Labute approximate surface area is 175 Å². The van der Waals surface area contributed by atoms with E-state index in [1.54, 1.807) is 11.1 Å². The standard InChI is InChI=1S/C25H36N2O2/c1-18(2)29-24(28)27-13-5-7-20-16-21(17-23(20)27)26-14-11-25(12-15-26)10-9-19-6-3-4-8-22(19)25/h3-4,6,8,18,20-21,23H,5,7,9-17H2,1-2H3. The van der Waals surface area contributed by atoms with Gasteiger partial charge < -0.3 is 14.5 Å². The predicted molar refractivity (Wildman–Crippen MR) is 115 cm³/mol. The van der Waals surface area contributed by atoms with Gasteiger partial charge in [-0.25, -0.2) is 4.79 Å². The summed E-state index contributed by atoms with van der Waals surface area (Å²) in [5.74, 6) is 0.663. The maximum Gasteiger partial charge on any atom is 0.410 e. The second-order valence-corrected chi connectivity index (χ2v) is 10.2. The normalized spacial score (nSPS) is 31.1. The van der Waals surface area contributed by atoms with Crippen LogP contribution in [0.1, 0.15) is 69.9 Å². The Morgan fingerprint density at radius 3 is 2.69 bits per heavy atom. The average Bonchev–Trinajstić information content (AvgIpc) is 3.31. The van der Waals surface area contributed by atoms with Crippen molar-refractivity contribution in [2.75, 3.05) is 19.6 Å². The molecule has 1 aromatic carbocycles. The van der Waals surface area contributed by atoms with Crippen LogP contribution in [0.4, 0.5) is 4.79 Å². The van der Waals surface area contributed by atoms with Crippen molar-refractivity contribution in [2.45, 2.75) is 88.8 Å². The van der Waals surface area contributed by atoms with Crippen molar-refractivity contribution in [3.05, 3.63) is 35.4 Å². The fourth-order valence-corrected chi connectivity index (χ4v) is 6.85. The van der Waals surface area contributed by atoms with E-state index in [1.165, 1.54) is 51.6 Å². The Balaban J connectivity index is 1.23. The van der Waals surface area contributed by atoms with Crippen LogP contribution in [0.25, 0.3) is 0 Å². The molecule has 1 amide bonds. The van der Waals surface area contributed by atoms with Gasteiger partial charge in [0.25, 0.3) is 0 Å². The number of carbonyl (C=O) groups is 1. The number of fused-ring (bicyclic) bond motifs is 3. The largest absolute Gasteiger partial charge is 0.447 e. The van der Waals surface area contributed by atoms with Gasteiger partial charge in [-0.05, 0) is 101 Å². The molecule has 1 spiro atoms. The van der Waals surface area contributed by atoms with Gasteiger partial charge in [0.2, 0.25) is 0 Å². The highest BCUT2D eigenvalue weighted by Crippen LogP contribution is 2.48. The maximum atomic E-state index is 12.6. The smallest absolute Gasteiger partial charge is 0.410 e. The summed E-state index contributed by atoms with van der Waals surface area (Å²) < 4.78 is 5.55. The monoisotopic (exact) mass is 396 g/mol. The van der Waals surface area contributed by atoms with E-state index in [2.05, 4.69) is 34.1 Å². The molecule has 0 aromatic heterocycles. The summed E-state index contributed by atoms with van der Waals surface area (Å²) in [6.45, 7) is 7.20. The minimum Gasteiger partial charge on any atom is -0.447 e. The zero-order valence-electron chi connectivity index (χ0n) is 18.1. The molecule has 4 aliphatic rings. The first kappa shape index (κ1) is 19.4. The molecule has 2 heterocycles. The third-order valence-electron chi connectivity index (χ3n) is 8.31. The molecule has 3 atom stereocenters. The van der Waals surface area contributed by atoms with Crippen molar-refractivity contribution >= 4 is 6.09 Å². The van der Waals surface area contributed by atoms with E-state index in [9.17, 15) is 4.79 Å². The van der Waals surface area contributed by atoms with Gasteiger partial charge in [0.1, 0.15) is 0 Å². The fourth-order valence-electron chi connectivity index (χ4n) is 6.85. The zero-order chi connectivity index (χ0) is 20.0. The topological polar surface area (TPSA) is 32.8 Å². The Hall–Kier alpha value is -1.55. The molecule has 0 N–H and O–H groups in total. The number of ether oxygens (including phenoxy) is 1. The summed E-state index contributed by atoms with van der Waals surface area (Å²) in [5.41, 5.74) is 3.67. The van der Waals surface area contributed by atoms with Gasteiger partial charge in [-0.15, -0.1) is 0 Å². The number of piperidine rings is 2. The quantitative estimate of drug-likeness (QED) is 0.723. The molecule has 3 unspecified atom stereocenters. The van der Waals surface area contributed by atoms with Crippen LogP contribution < -0.4 is 0 Å². The number of likely N-dealkylation sites (tertiary alicyclic amines) is 2. The van der Waals surface area contributed by atoms with E-state index < -0.39 is 0 Å². The van der Waals surface area contributed by atoms with E-state index in [0.717, 1.165) is 19.4 Å². The summed E-state index contributed by atoms with van der Waals surface area (Å²) >= 11 is 0. The average molecular weight is 397 g/mol. The number of nitrogens with zero attached hydrogens (tertiary/aromatic N) is 2. The predicted octanol–water partition coefficient (Wildman–Crippen LogP) is 4.75. The molecule has 4 nitrogen and oxygen atoms in total. The fraction of sp³-hybridized carbons (Fsp3) is 0.720. The summed E-state index contributed by atoms with van der Waals surface area (Å²) in [7, 11) is 0. The minimum absolute atomic E-state index is 0.0346. The van der Waals surface area contributed by atoms with Crippen molar-refractivity contribution < 1.29 is 9.53 Å². The van der Waals surface area contributed by atoms with Gasteiger partial charge in [-0.2, -0.15) is 0 Å². The lowest BCUT2D eigenvalue weighted by Gasteiger charge is -2.42. The first-order chi connectivity index (χ1) is 14.1. The first-order valence-corrected chi connectivity index (χ1v) is 11.9. The lowest BCUT2D eigenvalue weighted by Crippen LogP contribution is -2.48. The molecule has 2 aliphatic heterocycles. The van der Waals surface area contributed by atoms with Gasteiger partial charge in [-0.1, -0.05) is 24.3 Å². The third-order valence-corrected chi connectivity index (χ3v) is 8.31. The van der Waals surface area contributed by atoms with Crippen molar-refractivity contribution in [3.8, 4) is 0 Å². The van der Waals surface area contributed by atoms with Crippen LogP contribution in [0.5, 0.6) is 0 Å². The van der Waals surface area contributed by atoms with E-state index in [0.29, 0.717) is 23.4 Å². The van der Waals surface area contributed by atoms with Crippen LogP contribution in [0.2, 0.25) is 0 Å². The van der Waals surface area contributed by atoms with Gasteiger partial charge in [-0.3, -0.25) is 0 Å². The van der Waals surface area contributed by atoms with Crippen molar-refractivity contribution in [2.24, 2.45) is 5.92 Å². The minimum atomic E-state index is -0.0875. The van der Waals surface area contributed by atoms with E-state index in [-0.39, 0.29) is 12.2 Å². The van der Waals surface area contributed by atoms with Crippen molar-refractivity contribution in [1.82, 2.24) is 9.80 Å². The summed E-state index contributed by atoms with van der Waals surface area (Å²) in [5, 5.41) is 0. The van der Waals surface area contributed by atoms with E-state index >= 15 is 0 Å². The molecule has 4 heteroatoms. The number of rotatable bonds is 2. The van der Waals surface area contributed by atoms with Crippen LogP contribution in [-0.2, 0) is 16.6 Å². The molecule has 0 radical (unpaired) electrons. The van der Waals surface area contributed by atoms with Crippen LogP contribution in [0.15, 0.2) is 24.3 Å². The lowest BCUT2D eigenvalue weighted by atomic mass is 9.73. The Morgan fingerprint density at radius 1 is 1.10 bits per heavy atom. The van der Waals surface area contributed by atoms with Crippen LogP contribution in [0.3, 0.4) is 0 Å². The number of benzene rings is 1. The Morgan fingerprint density at radius 2 is 1.90 bits per heavy atom. The summed E-state index contributed by atoms with van der Waals surface area (Å²) in [6.07, 6.45) is 9.88. The first-order valence-electron chi connectivity index (χ1n) is 11.9. The molecule has 1 saturated carbocycles. The van der Waals surface area contributed by atoms with E-state index in [1.807, 2.05) is 13.8 Å². The van der Waals surface area contributed by atoms with Crippen LogP contribution in [-0.4, -0.2) is 53.7 Å². The Kier molecular flexibility index (Phi) is 5.09. The molecule has 1 aromatic rings. The molecule has 5 rings (SSSR count). The summed E-state index contributed by atoms with van der Waals surface area (Å²) in [6, 6.07) is 10.2. The molecule has 2 aliphatic carbocycles. The molecule has 158 valence electrons.